The van der Waals surface area contributed by atoms with Crippen LogP contribution in [-0.2, 0) is 28.6 Å². The normalized spacial score (nSPS) is 12.9. The van der Waals surface area contributed by atoms with Gasteiger partial charge < -0.3 is 14.2 Å². The maximum absolute atomic E-state index is 12.9. The summed E-state index contributed by atoms with van der Waals surface area (Å²) in [5, 5.41) is 0. The highest BCUT2D eigenvalue weighted by molar-refractivity contribution is 5.71. The Morgan fingerprint density at radius 2 is 0.487 bits per heavy atom. The monoisotopic (exact) mass is 1110 g/mol. The molecule has 1 atom stereocenters. The second-order valence-electron chi connectivity index (χ2n) is 22.0. The third-order valence-corrected chi connectivity index (χ3v) is 14.2. The van der Waals surface area contributed by atoms with Gasteiger partial charge in [0, 0.05) is 19.3 Å². The molecule has 0 aromatic rings. The van der Waals surface area contributed by atoms with E-state index in [1.165, 1.54) is 141 Å². The van der Waals surface area contributed by atoms with Crippen LogP contribution in [0.15, 0.2) is 122 Å². The Bertz CT molecular complexity index is 1650. The van der Waals surface area contributed by atoms with Gasteiger partial charge in [0.25, 0.3) is 0 Å². The van der Waals surface area contributed by atoms with Crippen LogP contribution in [0.3, 0.4) is 0 Å². The first-order valence-electron chi connectivity index (χ1n) is 33.5. The number of esters is 3. The third kappa shape index (κ3) is 64.6. The van der Waals surface area contributed by atoms with Crippen LogP contribution in [-0.4, -0.2) is 37.2 Å². The second kappa shape index (κ2) is 67.3. The summed E-state index contributed by atoms with van der Waals surface area (Å²) in [6.07, 6.45) is 93.4. The minimum Gasteiger partial charge on any atom is -0.462 e. The minimum absolute atomic E-state index is 0.0895. The van der Waals surface area contributed by atoms with Crippen molar-refractivity contribution in [2.75, 3.05) is 13.2 Å². The topological polar surface area (TPSA) is 78.9 Å². The van der Waals surface area contributed by atoms with Crippen molar-refractivity contribution in [3.05, 3.63) is 122 Å². The lowest BCUT2D eigenvalue weighted by molar-refractivity contribution is -0.167. The van der Waals surface area contributed by atoms with Crippen LogP contribution in [0.2, 0.25) is 0 Å². The number of hydrogen-bond donors (Lipinski definition) is 0. The lowest BCUT2D eigenvalue weighted by atomic mass is 10.1. The number of carbonyl (C=O) groups excluding carboxylic acids is 3. The number of allylic oxidation sites excluding steroid dienone is 20. The fourth-order valence-electron chi connectivity index (χ4n) is 9.15. The molecule has 80 heavy (non-hydrogen) atoms. The van der Waals surface area contributed by atoms with Gasteiger partial charge in [-0.1, -0.05) is 277 Å². The highest BCUT2D eigenvalue weighted by atomic mass is 16.6. The van der Waals surface area contributed by atoms with E-state index in [2.05, 4.69) is 142 Å². The van der Waals surface area contributed by atoms with Crippen LogP contribution in [0, 0.1) is 0 Å². The first kappa shape index (κ1) is 75.8. The summed E-state index contributed by atoms with van der Waals surface area (Å²) in [6.45, 7) is 6.49. The first-order valence-corrected chi connectivity index (χ1v) is 33.5. The van der Waals surface area contributed by atoms with E-state index in [9.17, 15) is 14.4 Å². The van der Waals surface area contributed by atoms with Gasteiger partial charge in [0.15, 0.2) is 6.10 Å². The molecule has 0 saturated heterocycles. The molecule has 1 unspecified atom stereocenters. The number of hydrogen-bond acceptors (Lipinski definition) is 6. The molecule has 0 aliphatic carbocycles. The number of carbonyl (C=O) groups is 3. The van der Waals surface area contributed by atoms with Crippen molar-refractivity contribution < 1.29 is 28.6 Å². The summed E-state index contributed by atoms with van der Waals surface area (Å²) in [4.78, 5) is 38.4. The number of unbranched alkanes of at least 4 members (excludes halogenated alkanes) is 29. The molecule has 6 heteroatoms. The van der Waals surface area contributed by atoms with Gasteiger partial charge in [0.05, 0.1) is 0 Å². The summed E-state index contributed by atoms with van der Waals surface area (Å²) in [7, 11) is 0. The second-order valence-corrected chi connectivity index (χ2v) is 22.0. The maximum Gasteiger partial charge on any atom is 0.306 e. The Morgan fingerprint density at radius 1 is 0.263 bits per heavy atom. The molecular formula is C74H124O6. The SMILES string of the molecule is CC/C=C\C/C=C\C/C=C\C/C=C\C/C=C\C/C=C\CCCCCCCCCCCCC(=O)OCC(COC(=O)CCCCCCC/C=C\CCCCCCC)OC(=O)CCCCCCCC/C=C\C/C=C\C/C=C\CCCCC. The van der Waals surface area contributed by atoms with E-state index in [-0.39, 0.29) is 31.1 Å². The van der Waals surface area contributed by atoms with E-state index in [1.54, 1.807) is 0 Å². The molecule has 456 valence electrons. The third-order valence-electron chi connectivity index (χ3n) is 14.2. The summed E-state index contributed by atoms with van der Waals surface area (Å²) in [6, 6.07) is 0. The molecule has 0 fully saturated rings. The van der Waals surface area contributed by atoms with Crippen LogP contribution in [0.25, 0.3) is 0 Å². The quantitative estimate of drug-likeness (QED) is 0.0261. The molecule has 0 N–H and O–H groups in total. The fraction of sp³-hybridized carbons (Fsp3) is 0.689. The maximum atomic E-state index is 12.9. The van der Waals surface area contributed by atoms with E-state index in [1.807, 2.05) is 0 Å². The lowest BCUT2D eigenvalue weighted by Gasteiger charge is -2.18. The lowest BCUT2D eigenvalue weighted by Crippen LogP contribution is -2.30. The Hall–Kier alpha value is -4.19. The zero-order valence-corrected chi connectivity index (χ0v) is 52.3. The number of ether oxygens (including phenoxy) is 3. The van der Waals surface area contributed by atoms with Crippen molar-refractivity contribution >= 4 is 17.9 Å². The van der Waals surface area contributed by atoms with Crippen LogP contribution in [0.1, 0.15) is 310 Å². The smallest absolute Gasteiger partial charge is 0.306 e. The average Bonchev–Trinajstić information content (AvgIpc) is 3.46. The zero-order chi connectivity index (χ0) is 57.8. The van der Waals surface area contributed by atoms with Gasteiger partial charge in [0.2, 0.25) is 0 Å². The van der Waals surface area contributed by atoms with Crippen LogP contribution < -0.4 is 0 Å². The largest absolute Gasteiger partial charge is 0.462 e. The molecule has 0 bridgehead atoms. The standard InChI is InChI=1S/C74H124O6/c1-4-7-10-13-16-19-22-25-28-30-32-33-34-35-36-37-38-39-40-41-43-44-46-49-52-55-58-61-64-67-73(76)79-70-71(69-78-72(75)66-63-60-57-54-51-48-27-24-21-18-15-12-9-6-3)80-74(77)68-65-62-59-56-53-50-47-45-42-31-29-26-23-20-17-14-11-8-5-2/h7,10,16-17,19-20,24-29,32-33,35-36,38-39,42,45,71H,4-6,8-9,11-15,18,21-23,30-31,34,37,40-41,43-44,46-70H2,1-3H3/b10-7-,19-16-,20-17-,27-24-,28-25-,29-26-,33-32-,36-35-,39-38-,45-42-. The van der Waals surface area contributed by atoms with Crippen LogP contribution in [0.4, 0.5) is 0 Å². The van der Waals surface area contributed by atoms with E-state index in [0.717, 1.165) is 128 Å². The molecule has 0 aliphatic rings. The van der Waals surface area contributed by atoms with E-state index >= 15 is 0 Å². The van der Waals surface area contributed by atoms with Crippen molar-refractivity contribution in [3.63, 3.8) is 0 Å². The molecule has 0 aliphatic heterocycles. The molecule has 0 aromatic heterocycles. The van der Waals surface area contributed by atoms with Gasteiger partial charge in [-0.15, -0.1) is 0 Å². The Balaban J connectivity index is 4.35. The summed E-state index contributed by atoms with van der Waals surface area (Å²) >= 11 is 0. The average molecular weight is 1110 g/mol. The van der Waals surface area contributed by atoms with Crippen LogP contribution >= 0.6 is 0 Å². The van der Waals surface area contributed by atoms with Crippen molar-refractivity contribution in [3.8, 4) is 0 Å². The predicted molar refractivity (Wildman–Crippen MR) is 348 cm³/mol. The minimum atomic E-state index is -0.794. The molecular weight excluding hydrogens is 985 g/mol. The fourth-order valence-corrected chi connectivity index (χ4v) is 9.15. The van der Waals surface area contributed by atoms with Crippen LogP contribution in [0.5, 0.6) is 0 Å². The van der Waals surface area contributed by atoms with Gasteiger partial charge in [-0.25, -0.2) is 0 Å². The van der Waals surface area contributed by atoms with Crippen molar-refractivity contribution in [2.45, 2.75) is 316 Å². The van der Waals surface area contributed by atoms with Gasteiger partial charge in [-0.3, -0.25) is 14.4 Å². The zero-order valence-electron chi connectivity index (χ0n) is 52.3. The van der Waals surface area contributed by atoms with E-state index in [4.69, 9.17) is 14.2 Å². The van der Waals surface area contributed by atoms with Gasteiger partial charge in [-0.2, -0.15) is 0 Å². The Labute approximate surface area is 494 Å². The van der Waals surface area contributed by atoms with Gasteiger partial charge >= 0.3 is 17.9 Å². The Kier molecular flexibility index (Phi) is 63.8. The van der Waals surface area contributed by atoms with Crippen molar-refractivity contribution in [2.24, 2.45) is 0 Å². The highest BCUT2D eigenvalue weighted by Crippen LogP contribution is 2.15. The van der Waals surface area contributed by atoms with Crippen molar-refractivity contribution in [1.82, 2.24) is 0 Å². The van der Waals surface area contributed by atoms with E-state index in [0.29, 0.717) is 19.3 Å². The molecule has 0 aromatic carbocycles. The van der Waals surface area contributed by atoms with Gasteiger partial charge in [0.1, 0.15) is 13.2 Å². The predicted octanol–water partition coefficient (Wildman–Crippen LogP) is 23.2. The number of rotatable bonds is 60. The highest BCUT2D eigenvalue weighted by Gasteiger charge is 2.19. The molecule has 6 nitrogen and oxygen atoms in total. The molecule has 0 amide bonds. The molecule has 0 radical (unpaired) electrons. The van der Waals surface area contributed by atoms with Crippen molar-refractivity contribution in [1.29, 1.82) is 0 Å². The molecule has 0 spiro atoms. The van der Waals surface area contributed by atoms with E-state index < -0.39 is 6.10 Å². The van der Waals surface area contributed by atoms with Gasteiger partial charge in [-0.05, 0) is 135 Å². The molecule has 0 heterocycles. The first-order chi connectivity index (χ1) is 39.5. The summed E-state index contributed by atoms with van der Waals surface area (Å²) in [5.41, 5.74) is 0. The molecule has 0 saturated carbocycles. The molecule has 0 rings (SSSR count). The summed E-state index contributed by atoms with van der Waals surface area (Å²) < 4.78 is 16.9. The Morgan fingerprint density at radius 3 is 0.800 bits per heavy atom. The summed E-state index contributed by atoms with van der Waals surface area (Å²) in [5.74, 6) is -0.907.